The summed E-state index contributed by atoms with van der Waals surface area (Å²) in [4.78, 5) is 0. The summed E-state index contributed by atoms with van der Waals surface area (Å²) in [6.45, 7) is 4.31. The van der Waals surface area contributed by atoms with Crippen LogP contribution in [-0.2, 0) is 0 Å². The molecule has 1 heteroatoms. The second kappa shape index (κ2) is 5.32. The van der Waals surface area contributed by atoms with Crippen molar-refractivity contribution in [3.63, 3.8) is 0 Å². The van der Waals surface area contributed by atoms with Crippen molar-refractivity contribution >= 4 is 0 Å². The molecule has 10 heavy (non-hydrogen) atoms. The zero-order valence-corrected chi connectivity index (χ0v) is 6.93. The molecule has 0 spiro atoms. The van der Waals surface area contributed by atoms with Gasteiger partial charge in [-0.2, -0.15) is 0 Å². The number of hydrogen-bond acceptors (Lipinski definition) is 1. The predicted octanol–water partition coefficient (Wildman–Crippen LogP) is 1.77. The van der Waals surface area contributed by atoms with E-state index in [0.29, 0.717) is 12.3 Å². The maximum absolute atomic E-state index is 5.81. The average molecular weight is 139 g/mol. The van der Waals surface area contributed by atoms with E-state index in [1.807, 2.05) is 0 Å². The third kappa shape index (κ3) is 2.89. The molecule has 0 aromatic carbocycles. The topological polar surface area (TPSA) is 26.0 Å². The Morgan fingerprint density at radius 2 is 1.90 bits per heavy atom. The highest BCUT2D eigenvalue weighted by Crippen LogP contribution is 2.12. The van der Waals surface area contributed by atoms with Gasteiger partial charge in [0.1, 0.15) is 0 Å². The molecule has 0 fully saturated rings. The highest BCUT2D eigenvalue weighted by molar-refractivity contribution is 4.90. The zero-order valence-electron chi connectivity index (χ0n) is 6.93. The highest BCUT2D eigenvalue weighted by Gasteiger charge is 2.11. The van der Waals surface area contributed by atoms with Crippen molar-refractivity contribution in [2.45, 2.75) is 39.2 Å². The smallest absolute Gasteiger partial charge is 0.0241 e. The lowest BCUT2D eigenvalue weighted by molar-refractivity contribution is 0.401. The predicted molar refractivity (Wildman–Crippen MR) is 45.5 cm³/mol. The molecule has 0 aromatic heterocycles. The first-order valence-corrected chi connectivity index (χ1v) is 3.95. The molecule has 1 unspecified atom stereocenters. The third-order valence-electron chi connectivity index (χ3n) is 2.01. The lowest BCUT2D eigenvalue weighted by atomic mass is 9.93. The van der Waals surface area contributed by atoms with Gasteiger partial charge in [-0.05, 0) is 5.92 Å². The molecule has 0 aliphatic carbocycles. The fraction of sp³-hybridized carbons (Fsp3) is 0.778. The summed E-state index contributed by atoms with van der Waals surface area (Å²) in [6.07, 6.45) is 8.14. The number of hydrogen-bond donors (Lipinski definition) is 1. The summed E-state index contributed by atoms with van der Waals surface area (Å²) in [5.74, 6) is 3.20. The van der Waals surface area contributed by atoms with Gasteiger partial charge in [-0.25, -0.2) is 0 Å². The first-order valence-electron chi connectivity index (χ1n) is 3.95. The summed E-state index contributed by atoms with van der Waals surface area (Å²) in [5, 5.41) is 0. The van der Waals surface area contributed by atoms with E-state index >= 15 is 0 Å². The van der Waals surface area contributed by atoms with Gasteiger partial charge in [0.05, 0.1) is 0 Å². The average Bonchev–Trinajstić information content (AvgIpc) is 1.91. The van der Waals surface area contributed by atoms with Crippen LogP contribution < -0.4 is 5.73 Å². The van der Waals surface area contributed by atoms with Gasteiger partial charge in [0.25, 0.3) is 0 Å². The number of nitrogens with two attached hydrogens (primary N) is 1. The van der Waals surface area contributed by atoms with Crippen LogP contribution in [0, 0.1) is 18.3 Å². The number of rotatable bonds is 4. The molecule has 0 bridgehead atoms. The van der Waals surface area contributed by atoms with E-state index in [9.17, 15) is 0 Å². The molecule has 1 nitrogen and oxygen atoms in total. The Labute approximate surface area is 64.0 Å². The van der Waals surface area contributed by atoms with Crippen LogP contribution in [0.1, 0.15) is 33.1 Å². The number of terminal acetylenes is 1. The molecule has 1 atom stereocenters. The van der Waals surface area contributed by atoms with Crippen molar-refractivity contribution in [3.05, 3.63) is 0 Å². The van der Waals surface area contributed by atoms with E-state index < -0.39 is 0 Å². The molecule has 0 amide bonds. The maximum atomic E-state index is 5.81. The fourth-order valence-corrected chi connectivity index (χ4v) is 1.20. The van der Waals surface area contributed by atoms with E-state index in [0.717, 1.165) is 12.8 Å². The molecule has 58 valence electrons. The van der Waals surface area contributed by atoms with E-state index in [1.165, 1.54) is 0 Å². The van der Waals surface area contributed by atoms with Crippen LogP contribution in [0.3, 0.4) is 0 Å². The van der Waals surface area contributed by atoms with Crippen LogP contribution in [0.2, 0.25) is 0 Å². The molecular weight excluding hydrogens is 122 g/mol. The summed E-state index contributed by atoms with van der Waals surface area (Å²) in [5.41, 5.74) is 5.81. The molecule has 0 rings (SSSR count). The van der Waals surface area contributed by atoms with Gasteiger partial charge < -0.3 is 5.73 Å². The highest BCUT2D eigenvalue weighted by atomic mass is 14.6. The standard InChI is InChI=1S/C9H17N/c1-4-7-9(10)8(5-2)6-3/h1,8-9H,5-7,10H2,2-3H3. The van der Waals surface area contributed by atoms with Gasteiger partial charge in [0.2, 0.25) is 0 Å². The van der Waals surface area contributed by atoms with Crippen molar-refractivity contribution in [1.82, 2.24) is 0 Å². The summed E-state index contributed by atoms with van der Waals surface area (Å²) in [7, 11) is 0. The SMILES string of the molecule is C#CCC(N)C(CC)CC. The molecule has 0 heterocycles. The summed E-state index contributed by atoms with van der Waals surface area (Å²) >= 11 is 0. The largest absolute Gasteiger partial charge is 0.327 e. The molecule has 2 N–H and O–H groups in total. The lowest BCUT2D eigenvalue weighted by Crippen LogP contribution is -2.28. The van der Waals surface area contributed by atoms with Gasteiger partial charge in [-0.3, -0.25) is 0 Å². The van der Waals surface area contributed by atoms with Crippen LogP contribution in [-0.4, -0.2) is 6.04 Å². The third-order valence-corrected chi connectivity index (χ3v) is 2.01. The molecule has 0 saturated carbocycles. The summed E-state index contributed by atoms with van der Waals surface area (Å²) in [6, 6.07) is 0.208. The van der Waals surface area contributed by atoms with Crippen LogP contribution in [0.5, 0.6) is 0 Å². The van der Waals surface area contributed by atoms with E-state index in [2.05, 4.69) is 19.8 Å². The Bertz CT molecular complexity index is 108. The Morgan fingerprint density at radius 1 is 1.40 bits per heavy atom. The maximum Gasteiger partial charge on any atom is 0.0241 e. The molecule has 0 aromatic rings. The first kappa shape index (κ1) is 9.52. The Kier molecular flexibility index (Phi) is 5.06. The Morgan fingerprint density at radius 3 is 2.20 bits per heavy atom. The van der Waals surface area contributed by atoms with Crippen molar-refractivity contribution in [2.24, 2.45) is 11.7 Å². The molecule has 0 aliphatic heterocycles. The minimum atomic E-state index is 0.208. The molecule has 0 aliphatic rings. The van der Waals surface area contributed by atoms with Crippen LogP contribution in [0.15, 0.2) is 0 Å². The second-order valence-electron chi connectivity index (χ2n) is 2.65. The molecular formula is C9H17N. The second-order valence-corrected chi connectivity index (χ2v) is 2.65. The van der Waals surface area contributed by atoms with E-state index in [-0.39, 0.29) is 6.04 Å². The van der Waals surface area contributed by atoms with Gasteiger partial charge >= 0.3 is 0 Å². The first-order chi connectivity index (χ1) is 4.76. The quantitative estimate of drug-likeness (QED) is 0.590. The Balaban J connectivity index is 3.66. The van der Waals surface area contributed by atoms with Crippen molar-refractivity contribution < 1.29 is 0 Å². The van der Waals surface area contributed by atoms with Gasteiger partial charge in [0, 0.05) is 12.5 Å². The van der Waals surface area contributed by atoms with Gasteiger partial charge in [-0.15, -0.1) is 12.3 Å². The van der Waals surface area contributed by atoms with Crippen molar-refractivity contribution in [3.8, 4) is 12.3 Å². The minimum Gasteiger partial charge on any atom is -0.327 e. The normalized spacial score (nSPS) is 13.1. The van der Waals surface area contributed by atoms with Gasteiger partial charge in [-0.1, -0.05) is 26.7 Å². The molecule has 0 saturated heterocycles. The minimum absolute atomic E-state index is 0.208. The van der Waals surface area contributed by atoms with Crippen molar-refractivity contribution in [2.75, 3.05) is 0 Å². The molecule has 0 radical (unpaired) electrons. The van der Waals surface area contributed by atoms with Crippen LogP contribution in [0.4, 0.5) is 0 Å². The van der Waals surface area contributed by atoms with Crippen molar-refractivity contribution in [1.29, 1.82) is 0 Å². The Hall–Kier alpha value is -0.480. The lowest BCUT2D eigenvalue weighted by Gasteiger charge is -2.18. The van der Waals surface area contributed by atoms with Crippen LogP contribution in [0.25, 0.3) is 0 Å². The fourth-order valence-electron chi connectivity index (χ4n) is 1.20. The van der Waals surface area contributed by atoms with E-state index in [1.54, 1.807) is 0 Å². The van der Waals surface area contributed by atoms with Gasteiger partial charge in [0.15, 0.2) is 0 Å². The van der Waals surface area contributed by atoms with E-state index in [4.69, 9.17) is 12.2 Å². The summed E-state index contributed by atoms with van der Waals surface area (Å²) < 4.78 is 0. The zero-order chi connectivity index (χ0) is 7.98. The monoisotopic (exact) mass is 139 g/mol. The van der Waals surface area contributed by atoms with Crippen LogP contribution >= 0.6 is 0 Å².